The lowest BCUT2D eigenvalue weighted by atomic mass is 10.2. The molecule has 1 amide bonds. The van der Waals surface area contributed by atoms with Crippen LogP contribution in [0.3, 0.4) is 0 Å². The topological polar surface area (TPSA) is 54.9 Å². The standard InChI is InChI=1S/C8H11N3OS/c1-2-9-8(12)7-6(5-3-4-5)10-11-13-7/h5H,2-4H2,1H3,(H,9,12). The second-order valence-electron chi connectivity index (χ2n) is 3.12. The fraction of sp³-hybridized carbons (Fsp3) is 0.625. The highest BCUT2D eigenvalue weighted by Gasteiger charge is 2.31. The van der Waals surface area contributed by atoms with Gasteiger partial charge in [0.25, 0.3) is 5.91 Å². The third-order valence-electron chi connectivity index (χ3n) is 2.02. The highest BCUT2D eigenvalue weighted by molar-refractivity contribution is 7.08. The average molecular weight is 197 g/mol. The largest absolute Gasteiger partial charge is 0.352 e. The molecule has 0 bridgehead atoms. The van der Waals surface area contributed by atoms with Gasteiger partial charge in [-0.3, -0.25) is 4.79 Å². The third-order valence-corrected chi connectivity index (χ3v) is 2.76. The summed E-state index contributed by atoms with van der Waals surface area (Å²) in [6.07, 6.45) is 2.30. The molecule has 2 rings (SSSR count). The number of nitrogens with zero attached hydrogens (tertiary/aromatic N) is 2. The molecule has 0 aliphatic heterocycles. The normalized spacial score (nSPS) is 15.8. The molecule has 0 saturated heterocycles. The van der Waals surface area contributed by atoms with Crippen molar-refractivity contribution >= 4 is 17.4 Å². The minimum absolute atomic E-state index is 0.0283. The molecule has 0 atom stereocenters. The van der Waals surface area contributed by atoms with Crippen LogP contribution in [0.5, 0.6) is 0 Å². The van der Waals surface area contributed by atoms with E-state index < -0.39 is 0 Å². The summed E-state index contributed by atoms with van der Waals surface area (Å²) in [7, 11) is 0. The van der Waals surface area contributed by atoms with Gasteiger partial charge in [-0.25, -0.2) is 0 Å². The van der Waals surface area contributed by atoms with E-state index >= 15 is 0 Å². The number of hydrogen-bond acceptors (Lipinski definition) is 4. The minimum Gasteiger partial charge on any atom is -0.352 e. The Hall–Kier alpha value is -0.970. The maximum atomic E-state index is 11.5. The molecule has 1 aliphatic rings. The molecule has 1 aliphatic carbocycles. The average Bonchev–Trinajstić information content (AvgIpc) is 2.84. The van der Waals surface area contributed by atoms with E-state index in [-0.39, 0.29) is 5.91 Å². The van der Waals surface area contributed by atoms with Crippen molar-refractivity contribution in [1.29, 1.82) is 0 Å². The monoisotopic (exact) mass is 197 g/mol. The second-order valence-corrected chi connectivity index (χ2v) is 3.88. The van der Waals surface area contributed by atoms with Crippen LogP contribution < -0.4 is 5.32 Å². The summed E-state index contributed by atoms with van der Waals surface area (Å²) in [5.41, 5.74) is 0.899. The fourth-order valence-corrected chi connectivity index (χ4v) is 1.89. The van der Waals surface area contributed by atoms with Gasteiger partial charge in [-0.15, -0.1) is 5.10 Å². The van der Waals surface area contributed by atoms with Crippen molar-refractivity contribution in [3.63, 3.8) is 0 Å². The SMILES string of the molecule is CCNC(=O)c1snnc1C1CC1. The van der Waals surface area contributed by atoms with Gasteiger partial charge in [0.05, 0.1) is 5.69 Å². The molecule has 0 radical (unpaired) electrons. The quantitative estimate of drug-likeness (QED) is 0.791. The number of carbonyl (C=O) groups is 1. The number of rotatable bonds is 3. The first-order valence-electron chi connectivity index (χ1n) is 4.43. The summed E-state index contributed by atoms with van der Waals surface area (Å²) in [4.78, 5) is 12.2. The van der Waals surface area contributed by atoms with Crippen molar-refractivity contribution in [1.82, 2.24) is 14.9 Å². The smallest absolute Gasteiger partial charge is 0.264 e. The number of amides is 1. The molecule has 1 fully saturated rings. The Morgan fingerprint density at radius 2 is 2.46 bits per heavy atom. The van der Waals surface area contributed by atoms with Crippen molar-refractivity contribution in [3.05, 3.63) is 10.6 Å². The number of aromatic nitrogens is 2. The molecule has 0 aromatic carbocycles. The van der Waals surface area contributed by atoms with Gasteiger partial charge in [0.15, 0.2) is 0 Å². The lowest BCUT2D eigenvalue weighted by Crippen LogP contribution is -2.22. The Bertz CT molecular complexity index is 319. The van der Waals surface area contributed by atoms with Gasteiger partial charge in [-0.2, -0.15) is 0 Å². The first-order chi connectivity index (χ1) is 6.33. The molecule has 1 aromatic heterocycles. The maximum Gasteiger partial charge on any atom is 0.264 e. The number of nitrogens with one attached hydrogen (secondary N) is 1. The van der Waals surface area contributed by atoms with Crippen LogP contribution in [0.1, 0.15) is 41.0 Å². The molecule has 70 valence electrons. The zero-order chi connectivity index (χ0) is 9.26. The summed E-state index contributed by atoms with van der Waals surface area (Å²) < 4.78 is 3.82. The van der Waals surface area contributed by atoms with Gasteiger partial charge in [0.2, 0.25) is 0 Å². The maximum absolute atomic E-state index is 11.5. The summed E-state index contributed by atoms with van der Waals surface area (Å²) >= 11 is 1.19. The Kier molecular flexibility index (Phi) is 2.26. The molecular formula is C8H11N3OS. The Morgan fingerprint density at radius 1 is 1.69 bits per heavy atom. The van der Waals surface area contributed by atoms with Gasteiger partial charge < -0.3 is 5.32 Å². The van der Waals surface area contributed by atoms with Crippen molar-refractivity contribution in [2.75, 3.05) is 6.54 Å². The van der Waals surface area contributed by atoms with E-state index in [0.717, 1.165) is 18.5 Å². The van der Waals surface area contributed by atoms with Gasteiger partial charge in [0.1, 0.15) is 4.88 Å². The van der Waals surface area contributed by atoms with Crippen LogP contribution in [0.2, 0.25) is 0 Å². The highest BCUT2D eigenvalue weighted by Crippen LogP contribution is 2.41. The van der Waals surface area contributed by atoms with E-state index in [4.69, 9.17) is 0 Å². The van der Waals surface area contributed by atoms with E-state index in [0.29, 0.717) is 17.3 Å². The summed E-state index contributed by atoms with van der Waals surface area (Å²) in [5, 5.41) is 6.75. The lowest BCUT2D eigenvalue weighted by molar-refractivity contribution is 0.0958. The zero-order valence-corrected chi connectivity index (χ0v) is 8.23. The van der Waals surface area contributed by atoms with Crippen LogP contribution >= 0.6 is 11.5 Å². The molecule has 1 heterocycles. The van der Waals surface area contributed by atoms with Crippen LogP contribution in [0.15, 0.2) is 0 Å². The predicted molar refractivity (Wildman–Crippen MR) is 49.9 cm³/mol. The molecule has 1 aromatic rings. The summed E-state index contributed by atoms with van der Waals surface area (Å²) in [6, 6.07) is 0. The van der Waals surface area contributed by atoms with E-state index in [1.54, 1.807) is 0 Å². The number of hydrogen-bond donors (Lipinski definition) is 1. The van der Waals surface area contributed by atoms with Gasteiger partial charge in [-0.05, 0) is 31.3 Å². The zero-order valence-electron chi connectivity index (χ0n) is 7.41. The van der Waals surface area contributed by atoms with Crippen LogP contribution in [0, 0.1) is 0 Å². The highest BCUT2D eigenvalue weighted by atomic mass is 32.1. The van der Waals surface area contributed by atoms with Crippen LogP contribution in [-0.2, 0) is 0 Å². The molecule has 1 saturated carbocycles. The van der Waals surface area contributed by atoms with Crippen molar-refractivity contribution in [3.8, 4) is 0 Å². The van der Waals surface area contributed by atoms with Gasteiger partial charge in [-0.1, -0.05) is 4.49 Å². The van der Waals surface area contributed by atoms with E-state index in [9.17, 15) is 4.79 Å². The third kappa shape index (κ3) is 1.70. The molecule has 0 spiro atoms. The molecular weight excluding hydrogens is 186 g/mol. The molecule has 5 heteroatoms. The van der Waals surface area contributed by atoms with E-state index in [1.807, 2.05) is 6.92 Å². The fourth-order valence-electron chi connectivity index (χ4n) is 1.22. The molecule has 13 heavy (non-hydrogen) atoms. The Balaban J connectivity index is 2.18. The van der Waals surface area contributed by atoms with Crippen LogP contribution in [-0.4, -0.2) is 22.0 Å². The van der Waals surface area contributed by atoms with Crippen molar-refractivity contribution < 1.29 is 4.79 Å². The molecule has 1 N–H and O–H groups in total. The molecule has 0 unspecified atom stereocenters. The van der Waals surface area contributed by atoms with Crippen molar-refractivity contribution in [2.45, 2.75) is 25.7 Å². The number of carbonyl (C=O) groups excluding carboxylic acids is 1. The first-order valence-corrected chi connectivity index (χ1v) is 5.20. The first kappa shape index (κ1) is 8.62. The van der Waals surface area contributed by atoms with Crippen LogP contribution in [0.25, 0.3) is 0 Å². The Morgan fingerprint density at radius 3 is 3.08 bits per heavy atom. The lowest BCUT2D eigenvalue weighted by Gasteiger charge is -1.99. The van der Waals surface area contributed by atoms with Gasteiger partial charge in [0, 0.05) is 12.5 Å². The minimum atomic E-state index is -0.0283. The summed E-state index contributed by atoms with van der Waals surface area (Å²) in [6.45, 7) is 2.56. The van der Waals surface area contributed by atoms with E-state index in [2.05, 4.69) is 14.9 Å². The predicted octanol–water partition coefficient (Wildman–Crippen LogP) is 1.17. The second kappa shape index (κ2) is 3.41. The van der Waals surface area contributed by atoms with E-state index in [1.165, 1.54) is 11.5 Å². The Labute approximate surface area is 80.5 Å². The van der Waals surface area contributed by atoms with Crippen LogP contribution in [0.4, 0.5) is 0 Å². The molecule has 4 nitrogen and oxygen atoms in total. The summed E-state index contributed by atoms with van der Waals surface area (Å²) in [5.74, 6) is 0.468. The van der Waals surface area contributed by atoms with Crippen molar-refractivity contribution in [2.24, 2.45) is 0 Å². The van der Waals surface area contributed by atoms with Gasteiger partial charge >= 0.3 is 0 Å².